The molecule has 0 saturated carbocycles. The third kappa shape index (κ3) is 3.98. The Labute approximate surface area is 130 Å². The van der Waals surface area contributed by atoms with E-state index in [1.807, 2.05) is 0 Å². The van der Waals surface area contributed by atoms with Crippen molar-refractivity contribution < 1.29 is 0 Å². The van der Waals surface area contributed by atoms with Gasteiger partial charge in [-0.05, 0) is 37.4 Å². The molecule has 1 fully saturated rings. The van der Waals surface area contributed by atoms with E-state index in [9.17, 15) is 0 Å². The molecule has 1 aliphatic heterocycles. The highest BCUT2D eigenvalue weighted by Crippen LogP contribution is 2.31. The van der Waals surface area contributed by atoms with Gasteiger partial charge >= 0.3 is 0 Å². The number of hydrogen-bond donors (Lipinski definition) is 1. The lowest BCUT2D eigenvalue weighted by atomic mass is 9.83. The zero-order chi connectivity index (χ0) is 15.5. The van der Waals surface area contributed by atoms with Crippen LogP contribution in [0.5, 0.6) is 0 Å². The highest BCUT2D eigenvalue weighted by atomic mass is 15.2. The molecular weight excluding hydrogens is 258 g/mol. The van der Waals surface area contributed by atoms with Crippen molar-refractivity contribution in [2.75, 3.05) is 38.1 Å². The van der Waals surface area contributed by atoms with Gasteiger partial charge in [-0.1, -0.05) is 39.0 Å². The molecule has 0 radical (unpaired) electrons. The Hall–Kier alpha value is -1.06. The number of nitrogens with zero attached hydrogens (tertiary/aromatic N) is 2. The first-order chi connectivity index (χ1) is 9.86. The average molecular weight is 289 g/mol. The van der Waals surface area contributed by atoms with Gasteiger partial charge in [0.25, 0.3) is 0 Å². The summed E-state index contributed by atoms with van der Waals surface area (Å²) in [7, 11) is 2.25. The van der Waals surface area contributed by atoms with Crippen molar-refractivity contribution in [1.82, 2.24) is 4.90 Å². The molecule has 0 aromatic heterocycles. The van der Waals surface area contributed by atoms with E-state index in [1.165, 1.54) is 5.69 Å². The van der Waals surface area contributed by atoms with Gasteiger partial charge in [0, 0.05) is 37.4 Å². The van der Waals surface area contributed by atoms with Crippen LogP contribution >= 0.6 is 0 Å². The minimum Gasteiger partial charge on any atom is -0.371 e. The Balaban J connectivity index is 2.02. The zero-order valence-electron chi connectivity index (χ0n) is 14.1. The van der Waals surface area contributed by atoms with Crippen molar-refractivity contribution in [1.29, 1.82) is 0 Å². The molecule has 0 aliphatic carbocycles. The normalized spacial score (nSPS) is 19.0. The molecule has 2 rings (SSSR count). The summed E-state index contributed by atoms with van der Waals surface area (Å²) < 4.78 is 0. The Morgan fingerprint density at radius 1 is 1.14 bits per heavy atom. The van der Waals surface area contributed by atoms with E-state index >= 15 is 0 Å². The fourth-order valence-corrected chi connectivity index (χ4v) is 3.44. The van der Waals surface area contributed by atoms with Crippen molar-refractivity contribution in [3.05, 3.63) is 30.3 Å². The number of rotatable bonds is 4. The highest BCUT2D eigenvalue weighted by Gasteiger charge is 2.38. The minimum absolute atomic E-state index is 0.165. The number of benzene rings is 1. The summed E-state index contributed by atoms with van der Waals surface area (Å²) in [6.07, 6.45) is 2.29. The average Bonchev–Trinajstić information content (AvgIpc) is 2.46. The number of piperidine rings is 1. The second-order valence-electron chi connectivity index (χ2n) is 7.67. The van der Waals surface area contributed by atoms with Gasteiger partial charge in [-0.2, -0.15) is 0 Å². The molecular formula is C18H31N3. The predicted molar refractivity (Wildman–Crippen MR) is 91.8 cm³/mol. The summed E-state index contributed by atoms with van der Waals surface area (Å²) >= 11 is 0. The number of para-hydroxylation sites is 1. The van der Waals surface area contributed by atoms with Crippen LogP contribution in [-0.4, -0.2) is 43.7 Å². The molecule has 0 amide bonds. The standard InChI is InChI=1S/C18H31N3/c1-17(2,3)15-20(4)18(14-19)10-12-21(13-11-18)16-8-6-5-7-9-16/h5-9H,10-15,19H2,1-4H3. The third-order valence-corrected chi connectivity index (χ3v) is 4.72. The summed E-state index contributed by atoms with van der Waals surface area (Å²) in [5.74, 6) is 0. The second-order valence-corrected chi connectivity index (χ2v) is 7.67. The first-order valence-electron chi connectivity index (χ1n) is 8.08. The zero-order valence-corrected chi connectivity index (χ0v) is 14.1. The number of hydrogen-bond acceptors (Lipinski definition) is 3. The van der Waals surface area contributed by atoms with Crippen LogP contribution in [0.4, 0.5) is 5.69 Å². The lowest BCUT2D eigenvalue weighted by Gasteiger charge is -2.49. The fraction of sp³-hybridized carbons (Fsp3) is 0.667. The Kier molecular flexibility index (Phi) is 4.95. The van der Waals surface area contributed by atoms with E-state index in [4.69, 9.17) is 5.73 Å². The first kappa shape index (κ1) is 16.3. The van der Waals surface area contributed by atoms with Crippen LogP contribution in [0, 0.1) is 5.41 Å². The molecule has 0 spiro atoms. The number of nitrogens with two attached hydrogens (primary N) is 1. The van der Waals surface area contributed by atoms with E-state index in [-0.39, 0.29) is 5.54 Å². The molecule has 0 atom stereocenters. The maximum atomic E-state index is 6.18. The molecule has 3 nitrogen and oxygen atoms in total. The molecule has 2 N–H and O–H groups in total. The lowest BCUT2D eigenvalue weighted by molar-refractivity contribution is 0.0644. The van der Waals surface area contributed by atoms with Gasteiger partial charge < -0.3 is 10.6 Å². The van der Waals surface area contributed by atoms with E-state index in [0.717, 1.165) is 39.0 Å². The number of anilines is 1. The lowest BCUT2D eigenvalue weighted by Crippen LogP contribution is -2.59. The van der Waals surface area contributed by atoms with Gasteiger partial charge in [0.2, 0.25) is 0 Å². The van der Waals surface area contributed by atoms with E-state index in [1.54, 1.807) is 0 Å². The smallest absolute Gasteiger partial charge is 0.0366 e. The molecule has 1 saturated heterocycles. The van der Waals surface area contributed by atoms with Crippen molar-refractivity contribution in [2.45, 2.75) is 39.2 Å². The van der Waals surface area contributed by atoms with Crippen molar-refractivity contribution in [3.63, 3.8) is 0 Å². The summed E-state index contributed by atoms with van der Waals surface area (Å²) in [4.78, 5) is 4.99. The van der Waals surface area contributed by atoms with Crippen LogP contribution in [-0.2, 0) is 0 Å². The molecule has 21 heavy (non-hydrogen) atoms. The van der Waals surface area contributed by atoms with E-state index < -0.39 is 0 Å². The molecule has 3 heteroatoms. The second kappa shape index (κ2) is 6.37. The van der Waals surface area contributed by atoms with Gasteiger partial charge in [-0.25, -0.2) is 0 Å². The maximum Gasteiger partial charge on any atom is 0.0366 e. The van der Waals surface area contributed by atoms with Gasteiger partial charge in [0.1, 0.15) is 0 Å². The Morgan fingerprint density at radius 2 is 1.71 bits per heavy atom. The van der Waals surface area contributed by atoms with Crippen molar-refractivity contribution >= 4 is 5.69 Å². The molecule has 0 unspecified atom stereocenters. The van der Waals surface area contributed by atoms with E-state index in [0.29, 0.717) is 5.41 Å². The molecule has 1 aromatic rings. The highest BCUT2D eigenvalue weighted by molar-refractivity contribution is 5.46. The van der Waals surface area contributed by atoms with Gasteiger partial charge in [-0.3, -0.25) is 4.90 Å². The topological polar surface area (TPSA) is 32.5 Å². The molecule has 1 aliphatic rings. The number of likely N-dealkylation sites (N-methyl/N-ethyl adjacent to an activating group) is 1. The Morgan fingerprint density at radius 3 is 2.19 bits per heavy atom. The Bertz CT molecular complexity index is 428. The van der Waals surface area contributed by atoms with Crippen molar-refractivity contribution in [2.24, 2.45) is 11.1 Å². The summed E-state index contributed by atoms with van der Waals surface area (Å²) in [6.45, 7) is 10.9. The van der Waals surface area contributed by atoms with Gasteiger partial charge in [-0.15, -0.1) is 0 Å². The monoisotopic (exact) mass is 289 g/mol. The summed E-state index contributed by atoms with van der Waals surface area (Å²) in [5.41, 5.74) is 7.99. The third-order valence-electron chi connectivity index (χ3n) is 4.72. The maximum absolute atomic E-state index is 6.18. The summed E-state index contributed by atoms with van der Waals surface area (Å²) in [6, 6.07) is 10.7. The molecule has 1 heterocycles. The van der Waals surface area contributed by atoms with Crippen LogP contribution in [0.1, 0.15) is 33.6 Å². The molecule has 0 bridgehead atoms. The van der Waals surface area contributed by atoms with Crippen LogP contribution in [0.3, 0.4) is 0 Å². The van der Waals surface area contributed by atoms with Crippen molar-refractivity contribution in [3.8, 4) is 0 Å². The largest absolute Gasteiger partial charge is 0.371 e. The fourth-order valence-electron chi connectivity index (χ4n) is 3.44. The van der Waals surface area contributed by atoms with Crippen LogP contribution in [0.15, 0.2) is 30.3 Å². The molecule has 118 valence electrons. The summed E-state index contributed by atoms with van der Waals surface area (Å²) in [5, 5.41) is 0. The molecule has 1 aromatic carbocycles. The van der Waals surface area contributed by atoms with Gasteiger partial charge in [0.05, 0.1) is 0 Å². The van der Waals surface area contributed by atoms with Crippen LogP contribution in [0.2, 0.25) is 0 Å². The SMILES string of the molecule is CN(CC(C)(C)C)C1(CN)CCN(c2ccccc2)CC1. The first-order valence-corrected chi connectivity index (χ1v) is 8.08. The predicted octanol–water partition coefficient (Wildman–Crippen LogP) is 2.96. The minimum atomic E-state index is 0.165. The van der Waals surface area contributed by atoms with Crippen LogP contribution < -0.4 is 10.6 Å². The van der Waals surface area contributed by atoms with Crippen LogP contribution in [0.25, 0.3) is 0 Å². The quantitative estimate of drug-likeness (QED) is 0.925. The van der Waals surface area contributed by atoms with E-state index in [2.05, 4.69) is 68.0 Å². The van der Waals surface area contributed by atoms with Gasteiger partial charge in [0.15, 0.2) is 0 Å².